The van der Waals surface area contributed by atoms with Gasteiger partial charge in [-0.2, -0.15) is 0 Å². The number of benzene rings is 1. The normalized spacial score (nSPS) is 33.1. The summed E-state index contributed by atoms with van der Waals surface area (Å²) in [5, 5.41) is 0. The van der Waals surface area contributed by atoms with E-state index in [4.69, 9.17) is 0 Å². The van der Waals surface area contributed by atoms with Crippen LogP contribution in [0.1, 0.15) is 39.2 Å². The molecule has 18 heavy (non-hydrogen) atoms. The van der Waals surface area contributed by atoms with Crippen molar-refractivity contribution in [3.8, 4) is 0 Å². The number of hydrogen-bond acceptors (Lipinski definition) is 0. The van der Waals surface area contributed by atoms with Crippen LogP contribution < -0.4 is 0 Å². The first-order valence-electron chi connectivity index (χ1n) is 6.98. The second-order valence-electron chi connectivity index (χ2n) is 6.56. The molecule has 0 nitrogen and oxygen atoms in total. The molecule has 2 unspecified atom stereocenters. The molecule has 1 aromatic rings. The van der Waals surface area contributed by atoms with Gasteiger partial charge in [0, 0.05) is 5.41 Å². The van der Waals surface area contributed by atoms with E-state index in [1.165, 1.54) is 18.4 Å². The van der Waals surface area contributed by atoms with Crippen molar-refractivity contribution in [1.82, 2.24) is 0 Å². The van der Waals surface area contributed by atoms with Crippen molar-refractivity contribution in [2.75, 3.05) is 0 Å². The van der Waals surface area contributed by atoms with Crippen LogP contribution in [0.3, 0.4) is 0 Å². The lowest BCUT2D eigenvalue weighted by Crippen LogP contribution is -2.35. The minimum atomic E-state index is 0.184. The van der Waals surface area contributed by atoms with Gasteiger partial charge in [-0.1, -0.05) is 74.9 Å². The van der Waals surface area contributed by atoms with E-state index in [0.29, 0.717) is 5.41 Å². The maximum absolute atomic E-state index is 2.44. The van der Waals surface area contributed by atoms with Crippen molar-refractivity contribution >= 4 is 0 Å². The summed E-state index contributed by atoms with van der Waals surface area (Å²) in [5.74, 6) is 0.746. The van der Waals surface area contributed by atoms with Crippen molar-refractivity contribution in [1.29, 1.82) is 0 Å². The first kappa shape index (κ1) is 11.8. The van der Waals surface area contributed by atoms with Crippen LogP contribution in [0.2, 0.25) is 0 Å². The number of fused-ring (bicyclic) bond motifs is 1. The fraction of sp³-hybridized carbons (Fsp3) is 0.444. The Morgan fingerprint density at radius 3 is 2.50 bits per heavy atom. The predicted octanol–water partition coefficient (Wildman–Crippen LogP) is 4.88. The zero-order valence-corrected chi connectivity index (χ0v) is 11.6. The van der Waals surface area contributed by atoms with Crippen LogP contribution in [-0.2, 0) is 5.41 Å². The maximum Gasteiger partial charge on any atom is 0.0190 e. The van der Waals surface area contributed by atoms with Crippen molar-refractivity contribution in [2.24, 2.45) is 11.3 Å². The highest BCUT2D eigenvalue weighted by molar-refractivity contribution is 5.45. The highest BCUT2D eigenvalue weighted by Gasteiger charge is 2.53. The summed E-state index contributed by atoms with van der Waals surface area (Å²) in [4.78, 5) is 0. The van der Waals surface area contributed by atoms with Gasteiger partial charge in [-0.25, -0.2) is 0 Å². The molecule has 0 spiro atoms. The third-order valence-electron chi connectivity index (χ3n) is 5.31. The average molecular weight is 238 g/mol. The monoisotopic (exact) mass is 238 g/mol. The second-order valence-corrected chi connectivity index (χ2v) is 6.56. The smallest absolute Gasteiger partial charge is 0.0190 e. The van der Waals surface area contributed by atoms with Gasteiger partial charge in [0.05, 0.1) is 0 Å². The van der Waals surface area contributed by atoms with Crippen LogP contribution in [0.5, 0.6) is 0 Å². The molecule has 0 radical (unpaired) electrons. The summed E-state index contributed by atoms with van der Waals surface area (Å²) in [7, 11) is 0. The number of allylic oxidation sites excluding steroid dienone is 4. The third kappa shape index (κ3) is 1.44. The minimum absolute atomic E-state index is 0.184. The summed E-state index contributed by atoms with van der Waals surface area (Å²) in [6.45, 7) is 7.30. The van der Waals surface area contributed by atoms with Crippen LogP contribution in [0, 0.1) is 11.3 Å². The van der Waals surface area contributed by atoms with E-state index in [9.17, 15) is 0 Å². The van der Waals surface area contributed by atoms with Gasteiger partial charge < -0.3 is 0 Å². The SMILES string of the molecule is CC1(C)CC2CC=CC=C2C1(C)c1ccccc1. The van der Waals surface area contributed by atoms with Gasteiger partial charge in [-0.05, 0) is 29.7 Å². The van der Waals surface area contributed by atoms with Gasteiger partial charge in [0.2, 0.25) is 0 Å². The average Bonchev–Trinajstić information content (AvgIpc) is 2.59. The Labute approximate surface area is 110 Å². The van der Waals surface area contributed by atoms with Crippen LogP contribution in [0.15, 0.2) is 54.1 Å². The molecule has 2 atom stereocenters. The van der Waals surface area contributed by atoms with E-state index < -0.39 is 0 Å². The lowest BCUT2D eigenvalue weighted by molar-refractivity contribution is 0.244. The fourth-order valence-corrected chi connectivity index (χ4v) is 3.99. The Bertz CT molecular complexity index is 504. The summed E-state index contributed by atoms with van der Waals surface area (Å²) >= 11 is 0. The van der Waals surface area contributed by atoms with Crippen molar-refractivity contribution in [3.63, 3.8) is 0 Å². The highest BCUT2D eigenvalue weighted by Crippen LogP contribution is 2.60. The fourth-order valence-electron chi connectivity index (χ4n) is 3.99. The van der Waals surface area contributed by atoms with E-state index >= 15 is 0 Å². The summed E-state index contributed by atoms with van der Waals surface area (Å²) in [6, 6.07) is 11.0. The van der Waals surface area contributed by atoms with Crippen LogP contribution >= 0.6 is 0 Å². The van der Waals surface area contributed by atoms with Crippen molar-refractivity contribution < 1.29 is 0 Å². The highest BCUT2D eigenvalue weighted by atomic mass is 14.6. The van der Waals surface area contributed by atoms with E-state index in [-0.39, 0.29) is 5.41 Å². The Hall–Kier alpha value is -1.30. The molecule has 1 saturated carbocycles. The maximum atomic E-state index is 2.44. The Morgan fingerprint density at radius 1 is 1.06 bits per heavy atom. The molecule has 0 N–H and O–H groups in total. The molecular weight excluding hydrogens is 216 g/mol. The molecule has 0 aliphatic heterocycles. The first-order chi connectivity index (χ1) is 8.56. The molecule has 1 fully saturated rings. The van der Waals surface area contributed by atoms with E-state index in [2.05, 4.69) is 69.3 Å². The van der Waals surface area contributed by atoms with Gasteiger partial charge in [-0.3, -0.25) is 0 Å². The molecule has 94 valence electrons. The second kappa shape index (κ2) is 3.85. The Morgan fingerprint density at radius 2 is 1.78 bits per heavy atom. The standard InChI is InChI=1S/C18H22/c1-17(2)13-14-9-7-8-12-16(14)18(17,3)15-10-5-4-6-11-15/h4-8,10-12,14H,9,13H2,1-3H3. The molecule has 1 aromatic carbocycles. The Balaban J connectivity index is 2.18. The predicted molar refractivity (Wildman–Crippen MR) is 77.5 cm³/mol. The molecule has 2 aliphatic rings. The van der Waals surface area contributed by atoms with Gasteiger partial charge in [0.1, 0.15) is 0 Å². The molecule has 0 heterocycles. The molecule has 0 aromatic heterocycles. The van der Waals surface area contributed by atoms with Gasteiger partial charge >= 0.3 is 0 Å². The van der Waals surface area contributed by atoms with E-state index in [1.54, 1.807) is 5.57 Å². The van der Waals surface area contributed by atoms with Gasteiger partial charge in [-0.15, -0.1) is 0 Å². The molecule has 2 aliphatic carbocycles. The molecule has 0 heteroatoms. The topological polar surface area (TPSA) is 0 Å². The summed E-state index contributed by atoms with van der Waals surface area (Å²) in [6.07, 6.45) is 9.46. The van der Waals surface area contributed by atoms with Crippen LogP contribution in [0.25, 0.3) is 0 Å². The summed E-state index contributed by atoms with van der Waals surface area (Å²) in [5.41, 5.74) is 3.63. The lowest BCUT2D eigenvalue weighted by Gasteiger charge is -2.40. The number of rotatable bonds is 1. The minimum Gasteiger partial charge on any atom is -0.0839 e. The lowest BCUT2D eigenvalue weighted by atomic mass is 9.63. The quantitative estimate of drug-likeness (QED) is 0.654. The van der Waals surface area contributed by atoms with Crippen molar-refractivity contribution in [2.45, 2.75) is 39.0 Å². The van der Waals surface area contributed by atoms with Crippen molar-refractivity contribution in [3.05, 3.63) is 59.7 Å². The van der Waals surface area contributed by atoms with E-state index in [0.717, 1.165) is 5.92 Å². The molecule has 0 bridgehead atoms. The van der Waals surface area contributed by atoms with Gasteiger partial charge in [0.15, 0.2) is 0 Å². The zero-order chi connectivity index (χ0) is 12.8. The van der Waals surface area contributed by atoms with Crippen LogP contribution in [-0.4, -0.2) is 0 Å². The number of hydrogen-bond donors (Lipinski definition) is 0. The largest absolute Gasteiger partial charge is 0.0839 e. The van der Waals surface area contributed by atoms with Gasteiger partial charge in [0.25, 0.3) is 0 Å². The third-order valence-corrected chi connectivity index (χ3v) is 5.31. The Kier molecular flexibility index (Phi) is 2.52. The molecule has 0 saturated heterocycles. The molecule has 3 rings (SSSR count). The van der Waals surface area contributed by atoms with E-state index in [1.807, 2.05) is 0 Å². The summed E-state index contributed by atoms with van der Waals surface area (Å²) < 4.78 is 0. The molecule has 0 amide bonds. The first-order valence-corrected chi connectivity index (χ1v) is 6.98. The zero-order valence-electron chi connectivity index (χ0n) is 11.6. The molecular formula is C18H22. The van der Waals surface area contributed by atoms with Crippen LogP contribution in [0.4, 0.5) is 0 Å².